The highest BCUT2D eigenvalue weighted by Gasteiger charge is 2.05. The second kappa shape index (κ2) is 3.67. The Balaban J connectivity index is 2.50. The monoisotopic (exact) mass is 171 g/mol. The third-order valence-corrected chi connectivity index (χ3v) is 2.48. The normalized spacial score (nSPS) is 13.3. The first kappa shape index (κ1) is 8.46. The molecule has 1 aromatic rings. The van der Waals surface area contributed by atoms with Gasteiger partial charge in [-0.3, -0.25) is 0 Å². The summed E-state index contributed by atoms with van der Waals surface area (Å²) < 4.78 is 0. The van der Waals surface area contributed by atoms with Crippen LogP contribution in [0.15, 0.2) is 0 Å². The maximum atomic E-state index is 5.44. The van der Waals surface area contributed by atoms with Gasteiger partial charge >= 0.3 is 0 Å². The molecule has 0 saturated heterocycles. The fraction of sp³-hybridized carbons (Fsp3) is 0.714. The third-order valence-electron chi connectivity index (χ3n) is 1.70. The van der Waals surface area contributed by atoms with Crippen molar-refractivity contribution in [3.8, 4) is 0 Å². The van der Waals surface area contributed by atoms with Gasteiger partial charge in [-0.2, -0.15) is 0 Å². The smallest absolute Gasteiger partial charge is 0.203 e. The number of nitrogen functional groups attached to an aromatic ring is 1. The molecule has 0 radical (unpaired) electrons. The molecule has 4 heteroatoms. The van der Waals surface area contributed by atoms with Crippen molar-refractivity contribution in [1.29, 1.82) is 0 Å². The molecular weight excluding hydrogens is 158 g/mol. The summed E-state index contributed by atoms with van der Waals surface area (Å²) >= 11 is 1.49. The Labute approximate surface area is 70.6 Å². The minimum absolute atomic E-state index is 0.573. The molecule has 2 N–H and O–H groups in total. The lowest BCUT2D eigenvalue weighted by Crippen LogP contribution is -1.96. The van der Waals surface area contributed by atoms with Crippen LogP contribution in [0.5, 0.6) is 0 Å². The van der Waals surface area contributed by atoms with Gasteiger partial charge in [0.15, 0.2) is 0 Å². The van der Waals surface area contributed by atoms with Gasteiger partial charge in [-0.1, -0.05) is 31.6 Å². The van der Waals surface area contributed by atoms with Crippen LogP contribution in [0.4, 0.5) is 5.13 Å². The van der Waals surface area contributed by atoms with Gasteiger partial charge in [0.05, 0.1) is 0 Å². The maximum Gasteiger partial charge on any atom is 0.203 e. The number of hydrogen-bond donors (Lipinski definition) is 1. The number of aromatic nitrogens is 2. The van der Waals surface area contributed by atoms with E-state index in [2.05, 4.69) is 24.0 Å². The van der Waals surface area contributed by atoms with E-state index >= 15 is 0 Å². The highest BCUT2D eigenvalue weighted by molar-refractivity contribution is 7.15. The summed E-state index contributed by atoms with van der Waals surface area (Å²) in [6.45, 7) is 4.38. The van der Waals surface area contributed by atoms with E-state index in [4.69, 9.17) is 5.73 Å². The van der Waals surface area contributed by atoms with E-state index in [0.29, 0.717) is 11.0 Å². The molecule has 0 aliphatic rings. The van der Waals surface area contributed by atoms with Crippen molar-refractivity contribution in [3.05, 3.63) is 5.01 Å². The molecule has 0 fully saturated rings. The van der Waals surface area contributed by atoms with E-state index in [-0.39, 0.29) is 0 Å². The maximum absolute atomic E-state index is 5.44. The molecule has 1 rings (SSSR count). The number of nitrogens with two attached hydrogens (primary N) is 1. The van der Waals surface area contributed by atoms with E-state index in [0.717, 1.165) is 11.4 Å². The molecule has 1 unspecified atom stereocenters. The Morgan fingerprint density at radius 2 is 2.27 bits per heavy atom. The minimum atomic E-state index is 0.573. The van der Waals surface area contributed by atoms with E-state index in [9.17, 15) is 0 Å². The van der Waals surface area contributed by atoms with Gasteiger partial charge in [0.25, 0.3) is 0 Å². The number of anilines is 1. The average molecular weight is 171 g/mol. The second-order valence-corrected chi connectivity index (χ2v) is 3.85. The van der Waals surface area contributed by atoms with Gasteiger partial charge in [0.2, 0.25) is 5.13 Å². The summed E-state index contributed by atoms with van der Waals surface area (Å²) in [6, 6.07) is 0. The van der Waals surface area contributed by atoms with E-state index in [1.807, 2.05) is 0 Å². The summed E-state index contributed by atoms with van der Waals surface area (Å²) in [5.41, 5.74) is 5.44. The van der Waals surface area contributed by atoms with Gasteiger partial charge < -0.3 is 5.73 Å². The van der Waals surface area contributed by atoms with Crippen molar-refractivity contribution >= 4 is 16.5 Å². The zero-order valence-corrected chi connectivity index (χ0v) is 7.69. The predicted molar refractivity (Wildman–Crippen MR) is 47.5 cm³/mol. The van der Waals surface area contributed by atoms with Gasteiger partial charge in [-0.25, -0.2) is 0 Å². The summed E-state index contributed by atoms with van der Waals surface area (Å²) in [6.07, 6.45) is 2.19. The molecule has 1 atom stereocenters. The summed E-state index contributed by atoms with van der Waals surface area (Å²) in [4.78, 5) is 0. The van der Waals surface area contributed by atoms with Crippen LogP contribution in [0.3, 0.4) is 0 Å². The first-order valence-electron chi connectivity index (χ1n) is 3.80. The van der Waals surface area contributed by atoms with Crippen LogP contribution in [0.25, 0.3) is 0 Å². The molecule has 0 amide bonds. The van der Waals surface area contributed by atoms with Gasteiger partial charge in [-0.15, -0.1) is 10.2 Å². The SMILES string of the molecule is CCC(C)Cc1nnc(N)s1. The molecular formula is C7H13N3S. The van der Waals surface area contributed by atoms with Gasteiger partial charge in [0, 0.05) is 6.42 Å². The van der Waals surface area contributed by atoms with E-state index in [1.165, 1.54) is 17.8 Å². The molecule has 0 saturated carbocycles. The molecule has 1 heterocycles. The summed E-state index contributed by atoms with van der Waals surface area (Å²) in [5.74, 6) is 0.683. The Morgan fingerprint density at radius 3 is 2.73 bits per heavy atom. The molecule has 11 heavy (non-hydrogen) atoms. The largest absolute Gasteiger partial charge is 0.374 e. The summed E-state index contributed by atoms with van der Waals surface area (Å²) in [7, 11) is 0. The molecule has 0 aliphatic heterocycles. The lowest BCUT2D eigenvalue weighted by molar-refractivity contribution is 0.556. The number of rotatable bonds is 3. The molecule has 62 valence electrons. The Bertz CT molecular complexity index is 221. The third kappa shape index (κ3) is 2.46. The van der Waals surface area contributed by atoms with Crippen molar-refractivity contribution in [3.63, 3.8) is 0 Å². The molecule has 3 nitrogen and oxygen atoms in total. The van der Waals surface area contributed by atoms with Crippen LogP contribution in [0, 0.1) is 5.92 Å². The van der Waals surface area contributed by atoms with E-state index < -0.39 is 0 Å². The number of nitrogens with zero attached hydrogens (tertiary/aromatic N) is 2. The standard InChI is InChI=1S/C7H13N3S/c1-3-5(2)4-6-9-10-7(8)11-6/h5H,3-4H2,1-2H3,(H2,8,10). The average Bonchev–Trinajstić information content (AvgIpc) is 2.35. The predicted octanol–water partition coefficient (Wildman–Crippen LogP) is 1.71. The first-order valence-corrected chi connectivity index (χ1v) is 4.62. The quantitative estimate of drug-likeness (QED) is 0.753. The fourth-order valence-corrected chi connectivity index (χ4v) is 1.56. The highest BCUT2D eigenvalue weighted by atomic mass is 32.1. The van der Waals surface area contributed by atoms with Crippen LogP contribution in [-0.4, -0.2) is 10.2 Å². The van der Waals surface area contributed by atoms with E-state index in [1.54, 1.807) is 0 Å². The van der Waals surface area contributed by atoms with Gasteiger partial charge in [-0.05, 0) is 5.92 Å². The fourth-order valence-electron chi connectivity index (χ4n) is 0.792. The topological polar surface area (TPSA) is 51.8 Å². The van der Waals surface area contributed by atoms with Crippen LogP contribution >= 0.6 is 11.3 Å². The van der Waals surface area contributed by atoms with Crippen molar-refractivity contribution in [1.82, 2.24) is 10.2 Å². The Hall–Kier alpha value is -0.640. The molecule has 0 aliphatic carbocycles. The highest BCUT2D eigenvalue weighted by Crippen LogP contribution is 2.16. The zero-order valence-electron chi connectivity index (χ0n) is 6.87. The van der Waals surface area contributed by atoms with Gasteiger partial charge in [0.1, 0.15) is 5.01 Å². The Morgan fingerprint density at radius 1 is 1.55 bits per heavy atom. The van der Waals surface area contributed by atoms with Crippen molar-refractivity contribution in [2.75, 3.05) is 5.73 Å². The zero-order chi connectivity index (χ0) is 8.27. The van der Waals surface area contributed by atoms with Crippen molar-refractivity contribution in [2.24, 2.45) is 5.92 Å². The van der Waals surface area contributed by atoms with Crippen molar-refractivity contribution in [2.45, 2.75) is 26.7 Å². The minimum Gasteiger partial charge on any atom is -0.374 e. The lowest BCUT2D eigenvalue weighted by Gasteiger charge is -2.02. The van der Waals surface area contributed by atoms with Crippen LogP contribution in [0.1, 0.15) is 25.3 Å². The molecule has 0 spiro atoms. The molecule has 1 aromatic heterocycles. The number of hydrogen-bond acceptors (Lipinski definition) is 4. The molecule has 0 aromatic carbocycles. The van der Waals surface area contributed by atoms with Crippen LogP contribution < -0.4 is 5.73 Å². The van der Waals surface area contributed by atoms with Crippen LogP contribution in [-0.2, 0) is 6.42 Å². The lowest BCUT2D eigenvalue weighted by atomic mass is 10.1. The Kier molecular flexibility index (Phi) is 2.82. The second-order valence-electron chi connectivity index (χ2n) is 2.75. The van der Waals surface area contributed by atoms with Crippen LogP contribution in [0.2, 0.25) is 0 Å². The summed E-state index contributed by atoms with van der Waals surface area (Å²) in [5, 5.41) is 9.32. The van der Waals surface area contributed by atoms with Crippen molar-refractivity contribution < 1.29 is 0 Å². The first-order chi connectivity index (χ1) is 5.22. The molecule has 0 bridgehead atoms.